The number of hydrogen-bond donors (Lipinski definition) is 0. The maximum atomic E-state index is 12.7. The van der Waals surface area contributed by atoms with Gasteiger partial charge in [-0.2, -0.15) is 0 Å². The second-order valence-electron chi connectivity index (χ2n) is 7.46. The molecule has 3 rings (SSSR count). The van der Waals surface area contributed by atoms with Gasteiger partial charge in [-0.15, -0.1) is 0 Å². The minimum absolute atomic E-state index is 0.114. The molecule has 30 heavy (non-hydrogen) atoms. The lowest BCUT2D eigenvalue weighted by Gasteiger charge is -2.25. The van der Waals surface area contributed by atoms with Crippen LogP contribution in [-0.2, 0) is 14.3 Å². The number of ether oxygens (including phenoxy) is 4. The van der Waals surface area contributed by atoms with E-state index < -0.39 is 24.4 Å². The number of likely N-dealkylation sites (N-methyl/N-ethyl adjacent to an activating group) is 1. The predicted octanol–water partition coefficient (Wildman–Crippen LogP) is 2.43. The van der Waals surface area contributed by atoms with E-state index in [1.165, 1.54) is 18.9 Å². The number of carbonyl (C=O) groups excluding carboxylic acids is 3. The van der Waals surface area contributed by atoms with Crippen LogP contribution in [-0.4, -0.2) is 73.5 Å². The SMILES string of the molecule is CC(OC(=O)CCN1CCCC1)OC(=O)N(C)C(C)C(=O)c1ccc2c(c1)OCO2. The van der Waals surface area contributed by atoms with Gasteiger partial charge in [0.15, 0.2) is 17.3 Å². The second kappa shape index (κ2) is 9.80. The van der Waals surface area contributed by atoms with Crippen LogP contribution in [0.2, 0.25) is 0 Å². The predicted molar refractivity (Wildman–Crippen MR) is 106 cm³/mol. The van der Waals surface area contributed by atoms with Gasteiger partial charge in [0, 0.05) is 26.1 Å². The lowest BCUT2D eigenvalue weighted by atomic mass is 10.0. The topological polar surface area (TPSA) is 94.6 Å². The van der Waals surface area contributed by atoms with Crippen molar-refractivity contribution in [1.29, 1.82) is 0 Å². The van der Waals surface area contributed by atoms with Crippen LogP contribution in [0.25, 0.3) is 0 Å². The fraction of sp³-hybridized carbons (Fsp3) is 0.571. The molecule has 0 radical (unpaired) electrons. The Morgan fingerprint density at radius 2 is 1.80 bits per heavy atom. The van der Waals surface area contributed by atoms with E-state index in [4.69, 9.17) is 18.9 Å². The number of carbonyl (C=O) groups is 3. The Bertz CT molecular complexity index is 792. The van der Waals surface area contributed by atoms with Crippen LogP contribution in [0.1, 0.15) is 43.5 Å². The Morgan fingerprint density at radius 3 is 2.53 bits per heavy atom. The fourth-order valence-electron chi connectivity index (χ4n) is 3.37. The molecule has 2 atom stereocenters. The van der Waals surface area contributed by atoms with E-state index in [0.29, 0.717) is 23.6 Å². The van der Waals surface area contributed by atoms with Gasteiger partial charge in [0.25, 0.3) is 0 Å². The summed E-state index contributed by atoms with van der Waals surface area (Å²) < 4.78 is 20.9. The first kappa shape index (κ1) is 21.9. The molecule has 9 nitrogen and oxygen atoms in total. The molecule has 9 heteroatoms. The van der Waals surface area contributed by atoms with Crippen molar-refractivity contribution in [2.75, 3.05) is 33.5 Å². The summed E-state index contributed by atoms with van der Waals surface area (Å²) in [5.74, 6) is 0.373. The summed E-state index contributed by atoms with van der Waals surface area (Å²) >= 11 is 0. The van der Waals surface area contributed by atoms with Crippen molar-refractivity contribution in [3.63, 3.8) is 0 Å². The van der Waals surface area contributed by atoms with Crippen molar-refractivity contribution in [1.82, 2.24) is 9.80 Å². The van der Waals surface area contributed by atoms with E-state index >= 15 is 0 Å². The quantitative estimate of drug-likeness (QED) is 0.360. The van der Waals surface area contributed by atoms with Gasteiger partial charge in [-0.3, -0.25) is 9.59 Å². The summed E-state index contributed by atoms with van der Waals surface area (Å²) in [7, 11) is 1.46. The minimum Gasteiger partial charge on any atom is -0.454 e. The van der Waals surface area contributed by atoms with Crippen LogP contribution < -0.4 is 9.47 Å². The molecule has 0 bridgehead atoms. The number of amides is 1. The number of Topliss-reactive ketones (excluding diaryl/α,β-unsaturated/α-hetero) is 1. The van der Waals surface area contributed by atoms with E-state index in [-0.39, 0.29) is 19.0 Å². The number of ketones is 1. The molecule has 0 N–H and O–H groups in total. The largest absolute Gasteiger partial charge is 0.454 e. The molecule has 0 saturated carbocycles. The molecule has 2 aliphatic heterocycles. The molecule has 2 heterocycles. The van der Waals surface area contributed by atoms with Gasteiger partial charge in [-0.1, -0.05) is 0 Å². The molecule has 0 aromatic heterocycles. The molecule has 2 unspecified atom stereocenters. The number of rotatable bonds is 8. The minimum atomic E-state index is -1.04. The van der Waals surface area contributed by atoms with Crippen molar-refractivity contribution < 1.29 is 33.3 Å². The first-order valence-electron chi connectivity index (χ1n) is 10.1. The van der Waals surface area contributed by atoms with E-state index in [0.717, 1.165) is 25.9 Å². The van der Waals surface area contributed by atoms with Gasteiger partial charge in [-0.05, 0) is 51.1 Å². The summed E-state index contributed by atoms with van der Waals surface area (Å²) in [6.07, 6.45) is 0.753. The molecule has 1 aromatic carbocycles. The number of nitrogens with zero attached hydrogens (tertiary/aromatic N) is 2. The third kappa shape index (κ3) is 5.41. The Kier molecular flexibility index (Phi) is 7.15. The fourth-order valence-corrected chi connectivity index (χ4v) is 3.37. The monoisotopic (exact) mass is 420 g/mol. The van der Waals surface area contributed by atoms with Crippen LogP contribution >= 0.6 is 0 Å². The van der Waals surface area contributed by atoms with Crippen LogP contribution in [0.3, 0.4) is 0 Å². The van der Waals surface area contributed by atoms with Crippen LogP contribution in [0.15, 0.2) is 18.2 Å². The number of fused-ring (bicyclic) bond motifs is 1. The highest BCUT2D eigenvalue weighted by atomic mass is 16.7. The van der Waals surface area contributed by atoms with Crippen molar-refractivity contribution in [2.24, 2.45) is 0 Å². The lowest BCUT2D eigenvalue weighted by Crippen LogP contribution is -2.42. The number of likely N-dealkylation sites (tertiary alicyclic amines) is 1. The highest BCUT2D eigenvalue weighted by Crippen LogP contribution is 2.33. The third-order valence-corrected chi connectivity index (χ3v) is 5.30. The van der Waals surface area contributed by atoms with Gasteiger partial charge in [-0.25, -0.2) is 4.79 Å². The standard InChI is InChI=1S/C21H28N2O7/c1-14(20(25)16-6-7-17-18(12-16)28-13-27-17)22(3)21(26)30-15(2)29-19(24)8-11-23-9-4-5-10-23/h6-7,12,14-15H,4-5,8-11,13H2,1-3H3. The number of benzene rings is 1. The van der Waals surface area contributed by atoms with Crippen molar-refractivity contribution in [3.05, 3.63) is 23.8 Å². The molecule has 1 fully saturated rings. The maximum absolute atomic E-state index is 12.7. The first-order chi connectivity index (χ1) is 14.3. The Morgan fingerprint density at radius 1 is 1.10 bits per heavy atom. The van der Waals surface area contributed by atoms with Gasteiger partial charge in [0.05, 0.1) is 12.5 Å². The molecule has 0 aliphatic carbocycles. The summed E-state index contributed by atoms with van der Waals surface area (Å²) in [6.45, 7) is 5.82. The van der Waals surface area contributed by atoms with Crippen LogP contribution in [0, 0.1) is 0 Å². The average molecular weight is 420 g/mol. The normalized spacial score (nSPS) is 17.3. The average Bonchev–Trinajstić information content (AvgIpc) is 3.41. The Hall–Kier alpha value is -2.81. The van der Waals surface area contributed by atoms with Crippen molar-refractivity contribution in [3.8, 4) is 11.5 Å². The van der Waals surface area contributed by atoms with Crippen molar-refractivity contribution >= 4 is 17.8 Å². The zero-order chi connectivity index (χ0) is 21.7. The van der Waals surface area contributed by atoms with Gasteiger partial charge < -0.3 is 28.7 Å². The summed E-state index contributed by atoms with van der Waals surface area (Å²) in [5, 5.41) is 0. The maximum Gasteiger partial charge on any atom is 0.413 e. The number of esters is 1. The Balaban J connectivity index is 1.46. The zero-order valence-corrected chi connectivity index (χ0v) is 17.6. The molecule has 2 aliphatic rings. The molecule has 164 valence electrons. The smallest absolute Gasteiger partial charge is 0.413 e. The first-order valence-corrected chi connectivity index (χ1v) is 10.1. The van der Waals surface area contributed by atoms with Gasteiger partial charge >= 0.3 is 12.1 Å². The molecule has 1 amide bonds. The molecular weight excluding hydrogens is 392 g/mol. The van der Waals surface area contributed by atoms with Gasteiger partial charge in [0.2, 0.25) is 13.1 Å². The highest BCUT2D eigenvalue weighted by molar-refractivity contribution is 6.01. The van der Waals surface area contributed by atoms with Crippen LogP contribution in [0.4, 0.5) is 4.79 Å². The Labute approximate surface area is 175 Å². The highest BCUT2D eigenvalue weighted by Gasteiger charge is 2.28. The third-order valence-electron chi connectivity index (χ3n) is 5.30. The summed E-state index contributed by atoms with van der Waals surface area (Å²) in [5.41, 5.74) is 0.396. The second-order valence-corrected chi connectivity index (χ2v) is 7.46. The molecular formula is C21H28N2O7. The molecule has 0 spiro atoms. The lowest BCUT2D eigenvalue weighted by molar-refractivity contribution is -0.166. The van der Waals surface area contributed by atoms with E-state index in [1.807, 2.05) is 0 Å². The van der Waals surface area contributed by atoms with E-state index in [9.17, 15) is 14.4 Å². The van der Waals surface area contributed by atoms with Crippen LogP contribution in [0.5, 0.6) is 11.5 Å². The molecule has 1 aromatic rings. The summed E-state index contributed by atoms with van der Waals surface area (Å²) in [4.78, 5) is 40.4. The van der Waals surface area contributed by atoms with E-state index in [1.54, 1.807) is 25.1 Å². The van der Waals surface area contributed by atoms with E-state index in [2.05, 4.69) is 4.90 Å². The van der Waals surface area contributed by atoms with Crippen molar-refractivity contribution in [2.45, 2.75) is 45.4 Å². The number of hydrogen-bond acceptors (Lipinski definition) is 8. The zero-order valence-electron chi connectivity index (χ0n) is 17.6. The summed E-state index contributed by atoms with van der Waals surface area (Å²) in [6, 6.07) is 4.09. The molecule has 1 saturated heterocycles. The van der Waals surface area contributed by atoms with Gasteiger partial charge in [0.1, 0.15) is 0 Å².